The van der Waals surface area contributed by atoms with E-state index in [0.717, 1.165) is 0 Å². The van der Waals surface area contributed by atoms with Gasteiger partial charge in [0.15, 0.2) is 5.58 Å². The number of benzene rings is 1. The number of oxazole rings is 1. The van der Waals surface area contributed by atoms with Crippen molar-refractivity contribution in [1.29, 1.82) is 0 Å². The predicted molar refractivity (Wildman–Crippen MR) is 65.3 cm³/mol. The lowest BCUT2D eigenvalue weighted by atomic mass is 10.2. The summed E-state index contributed by atoms with van der Waals surface area (Å²) in [7, 11) is 0. The van der Waals surface area contributed by atoms with Crippen LogP contribution in [-0.2, 0) is 6.54 Å². The molecular formula is C11H11N3O4. The van der Waals surface area contributed by atoms with E-state index < -0.39 is 10.7 Å². The number of fused-ring (bicyclic) bond motifs is 1. The molecule has 0 amide bonds. The van der Waals surface area contributed by atoms with Gasteiger partial charge in [-0.05, 0) is 11.6 Å². The summed E-state index contributed by atoms with van der Waals surface area (Å²) in [6.45, 7) is 4.11. The summed E-state index contributed by atoms with van der Waals surface area (Å²) >= 11 is 0. The van der Waals surface area contributed by atoms with Crippen molar-refractivity contribution in [2.75, 3.05) is 6.54 Å². The number of hydrogen-bond donors (Lipinski definition) is 1. The van der Waals surface area contributed by atoms with Gasteiger partial charge >= 0.3 is 5.76 Å². The molecule has 2 aromatic rings. The molecule has 2 N–H and O–H groups in total. The first-order chi connectivity index (χ1) is 8.52. The van der Waals surface area contributed by atoms with Gasteiger partial charge in [0.1, 0.15) is 0 Å². The van der Waals surface area contributed by atoms with Gasteiger partial charge in [0.25, 0.3) is 5.69 Å². The zero-order valence-corrected chi connectivity index (χ0v) is 9.46. The van der Waals surface area contributed by atoms with Crippen molar-refractivity contribution >= 4 is 16.8 Å². The summed E-state index contributed by atoms with van der Waals surface area (Å²) < 4.78 is 6.26. The Bertz CT molecular complexity index is 683. The van der Waals surface area contributed by atoms with Gasteiger partial charge in [-0.2, -0.15) is 0 Å². The minimum Gasteiger partial charge on any atom is -0.408 e. The van der Waals surface area contributed by atoms with Crippen LogP contribution in [0.1, 0.15) is 0 Å². The molecule has 0 aliphatic heterocycles. The number of nitro benzene ring substituents is 1. The van der Waals surface area contributed by atoms with Crippen LogP contribution in [0.2, 0.25) is 0 Å². The van der Waals surface area contributed by atoms with E-state index >= 15 is 0 Å². The second kappa shape index (κ2) is 4.46. The molecule has 0 atom stereocenters. The lowest BCUT2D eigenvalue weighted by Crippen LogP contribution is -2.18. The molecule has 94 valence electrons. The van der Waals surface area contributed by atoms with Crippen LogP contribution in [0.15, 0.2) is 39.6 Å². The average molecular weight is 249 g/mol. The minimum atomic E-state index is -0.583. The van der Waals surface area contributed by atoms with Gasteiger partial charge in [-0.15, -0.1) is 0 Å². The summed E-state index contributed by atoms with van der Waals surface area (Å²) in [6.07, 6.45) is 0. The lowest BCUT2D eigenvalue weighted by Gasteiger charge is -2.02. The Labute approximate surface area is 101 Å². The second-order valence-corrected chi connectivity index (χ2v) is 3.82. The molecule has 0 aliphatic rings. The molecule has 7 heteroatoms. The first-order valence-corrected chi connectivity index (χ1v) is 5.17. The highest BCUT2D eigenvalue weighted by Gasteiger charge is 2.14. The monoisotopic (exact) mass is 249 g/mol. The maximum atomic E-state index is 11.6. The van der Waals surface area contributed by atoms with Crippen molar-refractivity contribution in [2.45, 2.75) is 6.54 Å². The van der Waals surface area contributed by atoms with E-state index in [1.807, 2.05) is 0 Å². The van der Waals surface area contributed by atoms with E-state index in [-0.39, 0.29) is 18.8 Å². The zero-order valence-electron chi connectivity index (χ0n) is 9.46. The number of aromatic nitrogens is 1. The highest BCUT2D eigenvalue weighted by atomic mass is 16.6. The Hall–Kier alpha value is -2.41. The third kappa shape index (κ3) is 2.03. The molecule has 0 unspecified atom stereocenters. The van der Waals surface area contributed by atoms with Crippen molar-refractivity contribution in [3.05, 3.63) is 51.0 Å². The maximum Gasteiger partial charge on any atom is 0.420 e. The fourth-order valence-corrected chi connectivity index (χ4v) is 1.60. The molecule has 0 saturated carbocycles. The molecule has 0 bridgehead atoms. The van der Waals surface area contributed by atoms with Crippen molar-refractivity contribution in [3.8, 4) is 0 Å². The molecule has 0 fully saturated rings. The molecule has 0 spiro atoms. The third-order valence-electron chi connectivity index (χ3n) is 2.53. The molecule has 2 rings (SSSR count). The van der Waals surface area contributed by atoms with E-state index in [0.29, 0.717) is 16.7 Å². The second-order valence-electron chi connectivity index (χ2n) is 3.82. The summed E-state index contributed by atoms with van der Waals surface area (Å²) in [6, 6.07) is 3.98. The van der Waals surface area contributed by atoms with Gasteiger partial charge in [-0.1, -0.05) is 6.58 Å². The van der Waals surface area contributed by atoms with Crippen LogP contribution in [0.25, 0.3) is 11.1 Å². The number of hydrogen-bond acceptors (Lipinski definition) is 5. The van der Waals surface area contributed by atoms with Crippen LogP contribution >= 0.6 is 0 Å². The SMILES string of the molecule is C=C(CN)Cn1c(=O)oc2ccc([N+](=O)[O-])cc21. The zero-order chi connectivity index (χ0) is 13.3. The van der Waals surface area contributed by atoms with E-state index in [1.54, 1.807) is 0 Å². The summed E-state index contributed by atoms with van der Waals surface area (Å²) in [4.78, 5) is 21.8. The van der Waals surface area contributed by atoms with E-state index in [1.165, 1.54) is 22.8 Å². The first-order valence-electron chi connectivity index (χ1n) is 5.17. The fraction of sp³-hybridized carbons (Fsp3) is 0.182. The van der Waals surface area contributed by atoms with Crippen LogP contribution < -0.4 is 11.5 Å². The molecular weight excluding hydrogens is 238 g/mol. The van der Waals surface area contributed by atoms with E-state index in [2.05, 4.69) is 6.58 Å². The van der Waals surface area contributed by atoms with Gasteiger partial charge < -0.3 is 10.2 Å². The van der Waals surface area contributed by atoms with Crippen molar-refractivity contribution in [2.24, 2.45) is 5.73 Å². The van der Waals surface area contributed by atoms with E-state index in [4.69, 9.17) is 10.2 Å². The Morgan fingerprint density at radius 3 is 2.89 bits per heavy atom. The topological polar surface area (TPSA) is 104 Å². The average Bonchev–Trinajstić information content (AvgIpc) is 2.65. The molecule has 0 saturated heterocycles. The lowest BCUT2D eigenvalue weighted by molar-refractivity contribution is -0.384. The minimum absolute atomic E-state index is 0.101. The van der Waals surface area contributed by atoms with Gasteiger partial charge in [0.2, 0.25) is 0 Å². The van der Waals surface area contributed by atoms with Gasteiger partial charge in [0.05, 0.1) is 17.0 Å². The number of non-ortho nitro benzene ring substituents is 1. The van der Waals surface area contributed by atoms with Crippen LogP contribution in [0, 0.1) is 10.1 Å². The van der Waals surface area contributed by atoms with Crippen LogP contribution in [0.5, 0.6) is 0 Å². The quantitative estimate of drug-likeness (QED) is 0.494. The van der Waals surface area contributed by atoms with Gasteiger partial charge in [0, 0.05) is 18.7 Å². The van der Waals surface area contributed by atoms with Crippen LogP contribution in [-0.4, -0.2) is 16.0 Å². The third-order valence-corrected chi connectivity index (χ3v) is 2.53. The fourth-order valence-electron chi connectivity index (χ4n) is 1.60. The molecule has 0 radical (unpaired) electrons. The Balaban J connectivity index is 2.60. The maximum absolute atomic E-state index is 11.6. The Morgan fingerprint density at radius 1 is 1.56 bits per heavy atom. The Kier molecular flexibility index (Phi) is 2.99. The molecule has 18 heavy (non-hydrogen) atoms. The summed E-state index contributed by atoms with van der Waals surface area (Å²) in [5.74, 6) is -0.583. The Morgan fingerprint density at radius 2 is 2.28 bits per heavy atom. The number of nitro groups is 1. The summed E-state index contributed by atoms with van der Waals surface area (Å²) in [5, 5.41) is 10.7. The van der Waals surface area contributed by atoms with E-state index in [9.17, 15) is 14.9 Å². The molecule has 1 heterocycles. The number of nitrogens with zero attached hydrogens (tertiary/aromatic N) is 2. The molecule has 7 nitrogen and oxygen atoms in total. The largest absolute Gasteiger partial charge is 0.420 e. The van der Waals surface area contributed by atoms with Gasteiger partial charge in [-0.25, -0.2) is 4.79 Å². The number of rotatable bonds is 4. The smallest absolute Gasteiger partial charge is 0.408 e. The highest BCUT2D eigenvalue weighted by molar-refractivity contribution is 5.76. The van der Waals surface area contributed by atoms with Crippen molar-refractivity contribution in [1.82, 2.24) is 4.57 Å². The summed E-state index contributed by atoms with van der Waals surface area (Å²) in [5.41, 5.74) is 6.60. The predicted octanol–water partition coefficient (Wildman–Crippen LogP) is 1.02. The van der Waals surface area contributed by atoms with Crippen molar-refractivity contribution < 1.29 is 9.34 Å². The number of nitrogens with two attached hydrogens (primary N) is 1. The molecule has 1 aromatic carbocycles. The van der Waals surface area contributed by atoms with Crippen LogP contribution in [0.4, 0.5) is 5.69 Å². The van der Waals surface area contributed by atoms with Gasteiger partial charge in [-0.3, -0.25) is 14.7 Å². The molecule has 1 aromatic heterocycles. The normalized spacial score (nSPS) is 10.7. The first kappa shape index (κ1) is 12.1. The standard InChI is InChI=1S/C11H11N3O4/c1-7(5-12)6-13-9-4-8(14(16)17)2-3-10(9)18-11(13)15/h2-4H,1,5-6,12H2. The highest BCUT2D eigenvalue weighted by Crippen LogP contribution is 2.20. The van der Waals surface area contributed by atoms with Crippen LogP contribution in [0.3, 0.4) is 0 Å². The molecule has 0 aliphatic carbocycles. The van der Waals surface area contributed by atoms with Crippen molar-refractivity contribution in [3.63, 3.8) is 0 Å².